The highest BCUT2D eigenvalue weighted by molar-refractivity contribution is 7.90. The lowest BCUT2D eigenvalue weighted by molar-refractivity contribution is -0.118. The lowest BCUT2D eigenvalue weighted by atomic mass is 10.2. The van der Waals surface area contributed by atoms with Gasteiger partial charge in [-0.2, -0.15) is 5.10 Å². The Morgan fingerprint density at radius 2 is 1.83 bits per heavy atom. The summed E-state index contributed by atoms with van der Waals surface area (Å²) in [4.78, 5) is 12.4. The van der Waals surface area contributed by atoms with Gasteiger partial charge in [0.15, 0.2) is 16.4 Å². The minimum atomic E-state index is -3.30. The van der Waals surface area contributed by atoms with Crippen LogP contribution in [0.5, 0.6) is 5.75 Å². The normalized spacial score (nSPS) is 14.4. The van der Waals surface area contributed by atoms with Crippen LogP contribution in [0.25, 0.3) is 5.69 Å². The third kappa shape index (κ3) is 4.25. The van der Waals surface area contributed by atoms with Crippen molar-refractivity contribution in [1.29, 1.82) is 0 Å². The maximum Gasteiger partial charge on any atom is 0.263 e. The molecule has 1 N–H and O–H groups in total. The van der Waals surface area contributed by atoms with E-state index < -0.39 is 21.6 Å². The molecule has 4 rings (SSSR count). The van der Waals surface area contributed by atoms with Crippen LogP contribution >= 0.6 is 11.6 Å². The summed E-state index contributed by atoms with van der Waals surface area (Å²) >= 11 is 5.93. The molecule has 10 heteroatoms. The molecular weight excluding hydrogens is 421 g/mol. The maximum absolute atomic E-state index is 13.0. The van der Waals surface area contributed by atoms with Crippen LogP contribution in [0.3, 0.4) is 0 Å². The van der Waals surface area contributed by atoms with Crippen LogP contribution in [0.1, 0.15) is 11.3 Å². The number of anilines is 1. The second kappa shape index (κ2) is 7.49. The van der Waals surface area contributed by atoms with Gasteiger partial charge in [-0.1, -0.05) is 11.6 Å². The van der Waals surface area contributed by atoms with E-state index in [1.807, 2.05) is 0 Å². The van der Waals surface area contributed by atoms with Gasteiger partial charge in [0.2, 0.25) is 0 Å². The van der Waals surface area contributed by atoms with Crippen molar-refractivity contribution in [2.75, 3.05) is 11.9 Å². The number of fused-ring (bicyclic) bond motifs is 1. The van der Waals surface area contributed by atoms with Crippen LogP contribution in [0.2, 0.25) is 5.02 Å². The minimum absolute atomic E-state index is 0.183. The first-order chi connectivity index (χ1) is 13.8. The SMILES string of the molecule is O=C(COc1ccc(F)cc1)Nc1c2c(nn1-c1ccc(Cl)cc1)CS(=O)(=O)C2. The third-order valence-corrected chi connectivity index (χ3v) is 5.99. The molecule has 0 aliphatic carbocycles. The van der Waals surface area contributed by atoms with Crippen LogP contribution in [0.15, 0.2) is 48.5 Å². The number of carbonyl (C=O) groups is 1. The molecule has 1 aliphatic heterocycles. The highest BCUT2D eigenvalue weighted by Crippen LogP contribution is 2.33. The maximum atomic E-state index is 13.0. The molecule has 3 aromatic rings. The van der Waals surface area contributed by atoms with E-state index in [0.717, 1.165) is 0 Å². The summed E-state index contributed by atoms with van der Waals surface area (Å²) < 4.78 is 43.7. The van der Waals surface area contributed by atoms with E-state index in [1.54, 1.807) is 24.3 Å². The molecule has 0 saturated carbocycles. The summed E-state index contributed by atoms with van der Waals surface area (Å²) in [6.07, 6.45) is 0. The number of hydrogen-bond donors (Lipinski definition) is 1. The molecule has 7 nitrogen and oxygen atoms in total. The van der Waals surface area contributed by atoms with Crippen LogP contribution in [-0.4, -0.2) is 30.7 Å². The molecule has 0 atom stereocenters. The number of ether oxygens (including phenoxy) is 1. The Kier molecular flexibility index (Phi) is 5.01. The predicted octanol–water partition coefficient (Wildman–Crippen LogP) is 3.11. The summed E-state index contributed by atoms with van der Waals surface area (Å²) in [6.45, 7) is -0.334. The van der Waals surface area contributed by atoms with Crippen molar-refractivity contribution in [3.8, 4) is 11.4 Å². The Morgan fingerprint density at radius 3 is 2.52 bits per heavy atom. The number of carbonyl (C=O) groups excluding carboxylic acids is 1. The van der Waals surface area contributed by atoms with Gasteiger partial charge < -0.3 is 10.1 Å². The molecule has 1 aliphatic rings. The van der Waals surface area contributed by atoms with Gasteiger partial charge in [0.1, 0.15) is 17.4 Å². The molecule has 0 saturated heterocycles. The molecule has 1 aromatic heterocycles. The molecular formula is C19H15ClFN3O4S. The van der Waals surface area contributed by atoms with Gasteiger partial charge in [-0.05, 0) is 48.5 Å². The van der Waals surface area contributed by atoms with Crippen molar-refractivity contribution in [2.45, 2.75) is 11.5 Å². The zero-order chi connectivity index (χ0) is 20.6. The predicted molar refractivity (Wildman–Crippen MR) is 105 cm³/mol. The Morgan fingerprint density at radius 1 is 1.14 bits per heavy atom. The van der Waals surface area contributed by atoms with E-state index in [4.69, 9.17) is 16.3 Å². The van der Waals surface area contributed by atoms with Crippen molar-refractivity contribution < 1.29 is 22.3 Å². The van der Waals surface area contributed by atoms with Gasteiger partial charge in [0.05, 0.1) is 22.9 Å². The van der Waals surface area contributed by atoms with E-state index >= 15 is 0 Å². The fraction of sp³-hybridized carbons (Fsp3) is 0.158. The fourth-order valence-corrected chi connectivity index (χ4v) is 4.61. The number of nitrogens with one attached hydrogen (secondary N) is 1. The van der Waals surface area contributed by atoms with Gasteiger partial charge in [-0.3, -0.25) is 4.79 Å². The quantitative estimate of drug-likeness (QED) is 0.665. The lowest BCUT2D eigenvalue weighted by Crippen LogP contribution is -2.22. The summed E-state index contributed by atoms with van der Waals surface area (Å²) in [5, 5.41) is 7.59. The van der Waals surface area contributed by atoms with E-state index in [1.165, 1.54) is 28.9 Å². The number of halogens is 2. The Hall–Kier alpha value is -2.91. The average Bonchev–Trinajstić information content (AvgIpc) is 3.14. The van der Waals surface area contributed by atoms with Crippen molar-refractivity contribution in [1.82, 2.24) is 9.78 Å². The van der Waals surface area contributed by atoms with Crippen LogP contribution < -0.4 is 10.1 Å². The average molecular weight is 436 g/mol. The largest absolute Gasteiger partial charge is 0.484 e. The molecule has 2 heterocycles. The number of amides is 1. The number of aromatic nitrogens is 2. The van der Waals surface area contributed by atoms with Gasteiger partial charge in [0.25, 0.3) is 5.91 Å². The van der Waals surface area contributed by atoms with Crippen molar-refractivity contribution in [2.24, 2.45) is 0 Å². The van der Waals surface area contributed by atoms with Gasteiger partial charge in [-0.25, -0.2) is 17.5 Å². The Bertz CT molecular complexity index is 1180. The van der Waals surface area contributed by atoms with Gasteiger partial charge in [-0.15, -0.1) is 0 Å². The number of sulfone groups is 1. The topological polar surface area (TPSA) is 90.3 Å². The Balaban J connectivity index is 1.59. The molecule has 2 aromatic carbocycles. The zero-order valence-electron chi connectivity index (χ0n) is 14.9. The number of rotatable bonds is 5. The number of benzene rings is 2. The molecule has 1 amide bonds. The standard InChI is InChI=1S/C19H15ClFN3O4S/c20-12-1-5-14(6-2-12)24-19(16-10-29(26,27)11-17(16)23-24)22-18(25)9-28-15-7-3-13(21)4-8-15/h1-8H,9-11H2,(H,22,25). The molecule has 0 spiro atoms. The first-order valence-corrected chi connectivity index (χ1v) is 10.8. The molecule has 29 heavy (non-hydrogen) atoms. The zero-order valence-corrected chi connectivity index (χ0v) is 16.5. The summed E-state index contributed by atoms with van der Waals surface area (Å²) in [6, 6.07) is 12.0. The highest BCUT2D eigenvalue weighted by atomic mass is 35.5. The van der Waals surface area contributed by atoms with Gasteiger partial charge >= 0.3 is 0 Å². The van der Waals surface area contributed by atoms with E-state index in [0.29, 0.717) is 27.7 Å². The molecule has 150 valence electrons. The number of hydrogen-bond acceptors (Lipinski definition) is 5. The third-order valence-electron chi connectivity index (χ3n) is 4.30. The number of nitrogens with zero attached hydrogens (tertiary/aromatic N) is 2. The molecule has 0 fully saturated rings. The lowest BCUT2D eigenvalue weighted by Gasteiger charge is -2.12. The van der Waals surface area contributed by atoms with Crippen LogP contribution in [-0.2, 0) is 26.1 Å². The molecule has 0 bridgehead atoms. The first kappa shape index (κ1) is 19.4. The molecule has 0 radical (unpaired) electrons. The van der Waals surface area contributed by atoms with E-state index in [-0.39, 0.29) is 23.9 Å². The summed E-state index contributed by atoms with van der Waals surface area (Å²) in [5.41, 5.74) is 1.47. The van der Waals surface area contributed by atoms with Gasteiger partial charge in [0, 0.05) is 10.6 Å². The monoisotopic (exact) mass is 435 g/mol. The van der Waals surface area contributed by atoms with Crippen molar-refractivity contribution >= 4 is 33.2 Å². The van der Waals surface area contributed by atoms with Crippen LogP contribution in [0, 0.1) is 5.82 Å². The second-order valence-corrected chi connectivity index (χ2v) is 8.99. The Labute approximate surface area is 171 Å². The fourth-order valence-electron chi connectivity index (χ4n) is 2.99. The van der Waals surface area contributed by atoms with Crippen LogP contribution in [0.4, 0.5) is 10.2 Å². The second-order valence-electron chi connectivity index (χ2n) is 6.49. The van der Waals surface area contributed by atoms with Crippen molar-refractivity contribution in [3.63, 3.8) is 0 Å². The van der Waals surface area contributed by atoms with Crippen molar-refractivity contribution in [3.05, 3.63) is 70.6 Å². The smallest absolute Gasteiger partial charge is 0.263 e. The van der Waals surface area contributed by atoms with E-state index in [9.17, 15) is 17.6 Å². The highest BCUT2D eigenvalue weighted by Gasteiger charge is 2.33. The minimum Gasteiger partial charge on any atom is -0.484 e. The first-order valence-electron chi connectivity index (χ1n) is 8.56. The summed E-state index contributed by atoms with van der Waals surface area (Å²) in [5.74, 6) is -0.693. The van der Waals surface area contributed by atoms with E-state index in [2.05, 4.69) is 10.4 Å². The summed E-state index contributed by atoms with van der Waals surface area (Å²) in [7, 11) is -3.30. The molecule has 0 unspecified atom stereocenters.